The van der Waals surface area contributed by atoms with Crippen LogP contribution < -0.4 is 0 Å². The van der Waals surface area contributed by atoms with Gasteiger partial charge < -0.3 is 0 Å². The van der Waals surface area contributed by atoms with E-state index in [4.69, 9.17) is 0 Å². The quantitative estimate of drug-likeness (QED) is 0.273. The third-order valence-corrected chi connectivity index (χ3v) is 3.60. The summed E-state index contributed by atoms with van der Waals surface area (Å²) in [5.41, 5.74) is -0.602. The zero-order chi connectivity index (χ0) is 23.9. The summed E-state index contributed by atoms with van der Waals surface area (Å²) in [4.78, 5) is 58.3. The maximum atomic E-state index is 10.6. The van der Waals surface area contributed by atoms with Crippen LogP contribution in [0, 0.1) is 60.7 Å². The van der Waals surface area contributed by atoms with Crippen LogP contribution in [0.3, 0.4) is 0 Å². The molecule has 168 valence electrons. The Morgan fingerprint density at radius 2 is 0.871 bits per heavy atom. The molecule has 1 heterocycles. The van der Waals surface area contributed by atoms with Gasteiger partial charge in [0.1, 0.15) is 0 Å². The number of hydrogen-bond acceptors (Lipinski definition) is 12. The lowest BCUT2D eigenvalue weighted by molar-refractivity contribution is -0.986. The zero-order valence-corrected chi connectivity index (χ0v) is 14.9. The van der Waals surface area contributed by atoms with Crippen LogP contribution in [-0.2, 0) is 5.79 Å². The molecule has 0 spiro atoms. The SMILES string of the molecule is O=[N+]([O-])C(c1ccccc1)([N+](=O)[O-])[N+](=O)[O-].O=[N+]([O-])N1CN([N+](=O)[O-])CN([N+](=O)[O-])C1. The molecule has 0 unspecified atom stereocenters. The monoisotopic (exact) mass is 449 g/mol. The van der Waals surface area contributed by atoms with Crippen LogP contribution in [0.25, 0.3) is 0 Å². The predicted molar refractivity (Wildman–Crippen MR) is 90.2 cm³/mol. The van der Waals surface area contributed by atoms with Crippen LogP contribution in [0.2, 0.25) is 0 Å². The Morgan fingerprint density at radius 1 is 0.581 bits per heavy atom. The fraction of sp³-hybridized carbons (Fsp3) is 0.400. The summed E-state index contributed by atoms with van der Waals surface area (Å²) in [5, 5.41) is 61.2. The van der Waals surface area contributed by atoms with Crippen molar-refractivity contribution in [1.29, 1.82) is 0 Å². The van der Waals surface area contributed by atoms with E-state index in [1.165, 1.54) is 18.2 Å². The molecule has 31 heavy (non-hydrogen) atoms. The lowest BCUT2D eigenvalue weighted by Gasteiger charge is -2.27. The molecule has 1 aliphatic heterocycles. The minimum absolute atomic E-state index is 0.370. The Balaban J connectivity index is 0.000000311. The standard InChI is InChI=1S/C7H5N3O6.C3H6N6O6/c11-8(12)7(9(13)14,10(15)16)6-4-2-1-3-5-6;10-7(11)4-1-5(8(12)13)3-6(2-4)9(14)15/h1-5H;1-3H2. The molecule has 1 aromatic rings. The molecule has 0 aromatic heterocycles. The van der Waals surface area contributed by atoms with Crippen molar-refractivity contribution >= 4 is 0 Å². The second-order valence-electron chi connectivity index (χ2n) is 5.43. The molecule has 21 heteroatoms. The first-order valence-corrected chi connectivity index (χ1v) is 7.52. The first-order chi connectivity index (χ1) is 14.3. The van der Waals surface area contributed by atoms with Gasteiger partial charge in [0.05, 0.1) is 0 Å². The van der Waals surface area contributed by atoms with Gasteiger partial charge in [-0.2, -0.15) is 0 Å². The van der Waals surface area contributed by atoms with Gasteiger partial charge in [0.25, 0.3) is 0 Å². The van der Waals surface area contributed by atoms with E-state index < -0.39 is 61.2 Å². The van der Waals surface area contributed by atoms with Crippen molar-refractivity contribution in [3.8, 4) is 0 Å². The molecule has 0 bridgehead atoms. The van der Waals surface area contributed by atoms with E-state index in [1.807, 2.05) is 0 Å². The van der Waals surface area contributed by atoms with Crippen molar-refractivity contribution in [3.05, 3.63) is 96.6 Å². The predicted octanol–water partition coefficient (Wildman–Crippen LogP) is -1.02. The number of hydrogen-bond donors (Lipinski definition) is 0. The maximum absolute atomic E-state index is 10.6. The van der Waals surface area contributed by atoms with Gasteiger partial charge in [-0.25, -0.2) is 30.3 Å². The fourth-order valence-corrected chi connectivity index (χ4v) is 2.19. The highest BCUT2D eigenvalue weighted by Gasteiger charge is 2.72. The van der Waals surface area contributed by atoms with Crippen LogP contribution in [-0.4, -0.2) is 64.9 Å². The van der Waals surface area contributed by atoms with Crippen molar-refractivity contribution < 1.29 is 29.9 Å². The van der Waals surface area contributed by atoms with E-state index >= 15 is 0 Å². The van der Waals surface area contributed by atoms with Gasteiger partial charge in [0.2, 0.25) is 20.0 Å². The summed E-state index contributed by atoms with van der Waals surface area (Å²) in [5.74, 6) is -3.54. The topological polar surface area (TPSA) is 269 Å². The van der Waals surface area contributed by atoms with Crippen LogP contribution in [0.5, 0.6) is 0 Å². The van der Waals surface area contributed by atoms with E-state index in [9.17, 15) is 60.7 Å². The minimum Gasteiger partial charge on any atom is -0.252 e. The smallest absolute Gasteiger partial charge is 0.252 e. The van der Waals surface area contributed by atoms with E-state index in [1.54, 1.807) is 0 Å². The summed E-state index contributed by atoms with van der Waals surface area (Å²) in [6.45, 7) is -1.78. The maximum Gasteiger partial charge on any atom is 0.728 e. The molecule has 0 radical (unpaired) electrons. The highest BCUT2D eigenvalue weighted by atomic mass is 16.7. The summed E-state index contributed by atoms with van der Waals surface area (Å²) in [6.07, 6.45) is 0. The molecule has 1 aromatic carbocycles. The Hall–Kier alpha value is -4.98. The van der Waals surface area contributed by atoms with E-state index in [2.05, 4.69) is 0 Å². The van der Waals surface area contributed by atoms with Gasteiger partial charge in [0, 0.05) is 0 Å². The van der Waals surface area contributed by atoms with Crippen molar-refractivity contribution in [1.82, 2.24) is 15.0 Å². The first-order valence-electron chi connectivity index (χ1n) is 7.52. The number of rotatable bonds is 7. The van der Waals surface area contributed by atoms with Crippen LogP contribution in [0.15, 0.2) is 30.3 Å². The lowest BCUT2D eigenvalue weighted by atomic mass is 10.1. The van der Waals surface area contributed by atoms with Gasteiger partial charge in [-0.15, -0.1) is 0 Å². The fourth-order valence-electron chi connectivity index (χ4n) is 2.19. The molecule has 1 saturated heterocycles. The number of nitrogens with zero attached hydrogens (tertiary/aromatic N) is 9. The molecule has 2 rings (SSSR count). The molecular formula is C10H11N9O12. The molecule has 1 fully saturated rings. The minimum atomic E-state index is -3.54. The number of benzene rings is 1. The third-order valence-electron chi connectivity index (χ3n) is 3.60. The second kappa shape index (κ2) is 9.48. The van der Waals surface area contributed by atoms with Crippen LogP contribution in [0.1, 0.15) is 5.56 Å². The van der Waals surface area contributed by atoms with Crippen LogP contribution >= 0.6 is 0 Å². The second-order valence-corrected chi connectivity index (χ2v) is 5.43. The molecule has 0 atom stereocenters. The number of hydrazine groups is 3. The van der Waals surface area contributed by atoms with Crippen LogP contribution in [0.4, 0.5) is 0 Å². The lowest BCUT2D eigenvalue weighted by Crippen LogP contribution is -2.59. The Morgan fingerprint density at radius 3 is 1.10 bits per heavy atom. The van der Waals surface area contributed by atoms with Gasteiger partial charge in [-0.05, 0) is 12.1 Å². The summed E-state index contributed by atoms with van der Waals surface area (Å²) in [7, 11) is 0. The van der Waals surface area contributed by atoms with Crippen molar-refractivity contribution in [2.75, 3.05) is 20.0 Å². The number of nitro groups is 6. The van der Waals surface area contributed by atoms with Gasteiger partial charge in [-0.3, -0.25) is 30.3 Å². The Bertz CT molecular complexity index is 805. The summed E-state index contributed by atoms with van der Waals surface area (Å²) < 4.78 is 0. The Labute approximate surface area is 168 Å². The molecule has 0 saturated carbocycles. The summed E-state index contributed by atoms with van der Waals surface area (Å²) >= 11 is 0. The molecule has 0 amide bonds. The Kier molecular flexibility index (Phi) is 7.36. The average Bonchev–Trinajstić information content (AvgIpc) is 2.68. The van der Waals surface area contributed by atoms with Gasteiger partial charge in [-0.1, -0.05) is 33.2 Å². The normalized spacial score (nSPS) is 13.5. The average molecular weight is 449 g/mol. The summed E-state index contributed by atoms with van der Waals surface area (Å²) in [6, 6.07) is 5.87. The van der Waals surface area contributed by atoms with E-state index in [0.717, 1.165) is 12.1 Å². The highest BCUT2D eigenvalue weighted by Crippen LogP contribution is 2.26. The molecule has 0 N–H and O–H groups in total. The molecule has 21 nitrogen and oxygen atoms in total. The zero-order valence-electron chi connectivity index (χ0n) is 14.9. The largest absolute Gasteiger partial charge is 0.728 e. The van der Waals surface area contributed by atoms with Gasteiger partial charge >= 0.3 is 5.79 Å². The van der Waals surface area contributed by atoms with Gasteiger partial charge in [0.15, 0.2) is 35.4 Å². The highest BCUT2D eigenvalue weighted by molar-refractivity contribution is 5.17. The van der Waals surface area contributed by atoms with Crippen molar-refractivity contribution in [3.63, 3.8) is 0 Å². The first kappa shape index (κ1) is 24.1. The third kappa shape index (κ3) is 5.09. The van der Waals surface area contributed by atoms with E-state index in [-0.39, 0.29) is 0 Å². The van der Waals surface area contributed by atoms with Crippen molar-refractivity contribution in [2.24, 2.45) is 0 Å². The van der Waals surface area contributed by atoms with Crippen molar-refractivity contribution in [2.45, 2.75) is 5.79 Å². The molecular weight excluding hydrogens is 438 g/mol. The molecule has 1 aliphatic rings. The van der Waals surface area contributed by atoms with E-state index in [0.29, 0.717) is 15.0 Å². The molecule has 0 aliphatic carbocycles.